The number of hydrazone groups is 1. The summed E-state index contributed by atoms with van der Waals surface area (Å²) in [6, 6.07) is 16.0. The van der Waals surface area contributed by atoms with Gasteiger partial charge in [-0.2, -0.15) is 5.10 Å². The van der Waals surface area contributed by atoms with Crippen molar-refractivity contribution in [3.8, 4) is 17.0 Å². The van der Waals surface area contributed by atoms with Crippen LogP contribution in [-0.2, 0) is 0 Å². The molecule has 0 bridgehead atoms. The average Bonchev–Trinajstić information content (AvgIpc) is 3.33. The van der Waals surface area contributed by atoms with E-state index in [2.05, 4.69) is 20.8 Å². The second-order valence-electron chi connectivity index (χ2n) is 6.95. The van der Waals surface area contributed by atoms with E-state index in [0.29, 0.717) is 28.3 Å². The molecule has 0 spiro atoms. The van der Waals surface area contributed by atoms with Gasteiger partial charge in [-0.25, -0.2) is 5.43 Å². The summed E-state index contributed by atoms with van der Waals surface area (Å²) >= 11 is 1.40. The number of hydrazine groups is 1. The number of nitrogens with zero attached hydrogens (tertiary/aromatic N) is 3. The number of nitrogens with one attached hydrogen (secondary N) is 2. The minimum absolute atomic E-state index is 0.256. The number of anilines is 1. The van der Waals surface area contributed by atoms with E-state index in [0.717, 1.165) is 16.9 Å². The quantitative estimate of drug-likeness (QED) is 0.556. The van der Waals surface area contributed by atoms with Crippen LogP contribution >= 0.6 is 11.9 Å². The van der Waals surface area contributed by atoms with Gasteiger partial charge in [0.15, 0.2) is 0 Å². The third-order valence-electron chi connectivity index (χ3n) is 4.80. The number of amides is 2. The minimum Gasteiger partial charge on any atom is -0.497 e. The molecule has 2 amide bonds. The lowest BCUT2D eigenvalue weighted by atomic mass is 10.0. The number of hydrogen-bond acceptors (Lipinski definition) is 7. The largest absolute Gasteiger partial charge is 0.497 e. The van der Waals surface area contributed by atoms with Gasteiger partial charge < -0.3 is 10.1 Å². The molecule has 2 aromatic carbocycles. The van der Waals surface area contributed by atoms with Gasteiger partial charge in [-0.15, -0.1) is 4.52 Å². The smallest absolute Gasteiger partial charge is 0.271 e. The number of aromatic nitrogens is 1. The Kier molecular flexibility index (Phi) is 6.37. The normalized spacial score (nSPS) is 12.5. The van der Waals surface area contributed by atoms with Gasteiger partial charge in [0, 0.05) is 41.2 Å². The Morgan fingerprint density at radius 3 is 2.47 bits per heavy atom. The first kappa shape index (κ1) is 21.4. The molecule has 162 valence electrons. The molecule has 0 saturated carbocycles. The molecule has 1 aliphatic heterocycles. The molecule has 0 atom stereocenters. The highest BCUT2D eigenvalue weighted by molar-refractivity contribution is 7.97. The van der Waals surface area contributed by atoms with E-state index in [-0.39, 0.29) is 11.8 Å². The van der Waals surface area contributed by atoms with Crippen LogP contribution in [-0.4, -0.2) is 40.4 Å². The molecule has 2 N–H and O–H groups in total. The van der Waals surface area contributed by atoms with Gasteiger partial charge in [-0.3, -0.25) is 14.6 Å². The SMILES string of the molecule is COc1ccc(NC(=O)c2ccc(-c3cc(C(=O)NN4N=CCS4)ccc3C)nc2)cc1. The lowest BCUT2D eigenvalue weighted by molar-refractivity contribution is 0.0890. The van der Waals surface area contributed by atoms with E-state index < -0.39 is 0 Å². The van der Waals surface area contributed by atoms with Crippen molar-refractivity contribution in [1.29, 1.82) is 0 Å². The molecule has 3 aromatic rings. The van der Waals surface area contributed by atoms with Crippen molar-refractivity contribution in [1.82, 2.24) is 14.9 Å². The van der Waals surface area contributed by atoms with Crippen LogP contribution in [0.15, 0.2) is 65.9 Å². The summed E-state index contributed by atoms with van der Waals surface area (Å²) in [4.78, 5) is 29.5. The number of aryl methyl sites for hydroxylation is 1. The van der Waals surface area contributed by atoms with Gasteiger partial charge in [0.1, 0.15) is 5.75 Å². The van der Waals surface area contributed by atoms with Crippen LogP contribution < -0.4 is 15.5 Å². The Morgan fingerprint density at radius 2 is 1.81 bits per heavy atom. The molecule has 8 nitrogen and oxygen atoms in total. The van der Waals surface area contributed by atoms with Gasteiger partial charge >= 0.3 is 0 Å². The van der Waals surface area contributed by atoms with Crippen molar-refractivity contribution in [3.63, 3.8) is 0 Å². The minimum atomic E-state index is -0.261. The first-order chi connectivity index (χ1) is 15.5. The molecule has 0 unspecified atom stereocenters. The highest BCUT2D eigenvalue weighted by Crippen LogP contribution is 2.24. The number of carbonyl (C=O) groups is 2. The number of methoxy groups -OCH3 is 1. The number of ether oxygens (including phenoxy) is 1. The van der Waals surface area contributed by atoms with E-state index in [1.54, 1.807) is 61.9 Å². The Balaban J connectivity index is 1.48. The number of rotatable bonds is 6. The van der Waals surface area contributed by atoms with Crippen LogP contribution in [0.1, 0.15) is 26.3 Å². The van der Waals surface area contributed by atoms with E-state index >= 15 is 0 Å². The van der Waals surface area contributed by atoms with E-state index in [1.807, 2.05) is 13.0 Å². The van der Waals surface area contributed by atoms with Gasteiger partial charge in [0.2, 0.25) is 0 Å². The third-order valence-corrected chi connectivity index (χ3v) is 5.53. The molecule has 0 fully saturated rings. The highest BCUT2D eigenvalue weighted by atomic mass is 32.2. The number of benzene rings is 2. The fraction of sp³-hybridized carbons (Fsp3) is 0.130. The summed E-state index contributed by atoms with van der Waals surface area (Å²) in [5.74, 6) is 0.921. The monoisotopic (exact) mass is 447 g/mol. The number of carbonyl (C=O) groups excluding carboxylic acids is 2. The van der Waals surface area contributed by atoms with E-state index in [1.165, 1.54) is 22.7 Å². The maximum atomic E-state index is 12.5. The Morgan fingerprint density at radius 1 is 1.03 bits per heavy atom. The van der Waals surface area contributed by atoms with Gasteiger partial charge in [-0.05, 0) is 61.0 Å². The molecule has 9 heteroatoms. The van der Waals surface area contributed by atoms with Crippen LogP contribution in [0.3, 0.4) is 0 Å². The molecule has 32 heavy (non-hydrogen) atoms. The van der Waals surface area contributed by atoms with E-state index in [4.69, 9.17) is 4.74 Å². The first-order valence-corrected chi connectivity index (χ1v) is 10.8. The molecular formula is C23H21N5O3S. The zero-order chi connectivity index (χ0) is 22.5. The second kappa shape index (κ2) is 9.52. The summed E-state index contributed by atoms with van der Waals surface area (Å²) in [5, 5.41) is 6.88. The standard InChI is InChI=1S/C23H21N5O3S/c1-15-3-4-16(23(30)27-28-25-11-12-32-28)13-20(15)21-10-5-17(14-24-21)22(29)26-18-6-8-19(31-2)9-7-18/h3-11,13-14H,12H2,1-2H3,(H,26,29)(H,27,30). The van der Waals surface area contributed by atoms with Crippen molar-refractivity contribution in [2.24, 2.45) is 5.10 Å². The molecule has 0 radical (unpaired) electrons. The van der Waals surface area contributed by atoms with Crippen molar-refractivity contribution in [2.45, 2.75) is 6.92 Å². The Labute approximate surface area is 189 Å². The molecule has 2 heterocycles. The second-order valence-corrected chi connectivity index (χ2v) is 7.89. The molecule has 1 aliphatic rings. The van der Waals surface area contributed by atoms with Gasteiger partial charge in [-0.1, -0.05) is 6.07 Å². The van der Waals surface area contributed by atoms with Crippen molar-refractivity contribution in [3.05, 3.63) is 77.5 Å². The lowest BCUT2D eigenvalue weighted by Crippen LogP contribution is -2.32. The lowest BCUT2D eigenvalue weighted by Gasteiger charge is -2.14. The summed E-state index contributed by atoms with van der Waals surface area (Å²) in [6.07, 6.45) is 3.25. The van der Waals surface area contributed by atoms with Crippen LogP contribution in [0.5, 0.6) is 5.75 Å². The summed E-state index contributed by atoms with van der Waals surface area (Å²) in [6.45, 7) is 1.95. The molecular weight excluding hydrogens is 426 g/mol. The third kappa shape index (κ3) is 4.89. The van der Waals surface area contributed by atoms with E-state index in [9.17, 15) is 9.59 Å². The van der Waals surface area contributed by atoms with Gasteiger partial charge in [0.05, 0.1) is 24.1 Å². The molecule has 4 rings (SSSR count). The zero-order valence-electron chi connectivity index (χ0n) is 17.5. The van der Waals surface area contributed by atoms with Crippen molar-refractivity contribution < 1.29 is 14.3 Å². The summed E-state index contributed by atoms with van der Waals surface area (Å²) in [7, 11) is 1.59. The number of hydrogen-bond donors (Lipinski definition) is 2. The van der Waals surface area contributed by atoms with Crippen LogP contribution in [0.2, 0.25) is 0 Å². The Hall–Kier alpha value is -3.85. The topological polar surface area (TPSA) is 95.9 Å². The van der Waals surface area contributed by atoms with Crippen LogP contribution in [0.25, 0.3) is 11.3 Å². The fourth-order valence-corrected chi connectivity index (χ4v) is 3.62. The molecule has 0 saturated heterocycles. The average molecular weight is 448 g/mol. The van der Waals surface area contributed by atoms with Crippen LogP contribution in [0.4, 0.5) is 5.69 Å². The fourth-order valence-electron chi connectivity index (χ4n) is 3.06. The summed E-state index contributed by atoms with van der Waals surface area (Å²) in [5.41, 5.74) is 6.78. The predicted octanol–water partition coefficient (Wildman–Crippen LogP) is 3.91. The zero-order valence-corrected chi connectivity index (χ0v) is 18.3. The summed E-state index contributed by atoms with van der Waals surface area (Å²) < 4.78 is 6.56. The highest BCUT2D eigenvalue weighted by Gasteiger charge is 2.15. The molecule has 1 aromatic heterocycles. The predicted molar refractivity (Wildman–Crippen MR) is 126 cm³/mol. The maximum absolute atomic E-state index is 12.5. The van der Waals surface area contributed by atoms with Crippen LogP contribution in [0, 0.1) is 6.92 Å². The maximum Gasteiger partial charge on any atom is 0.271 e. The number of pyridine rings is 1. The van der Waals surface area contributed by atoms with Gasteiger partial charge in [0.25, 0.3) is 11.8 Å². The van der Waals surface area contributed by atoms with Crippen molar-refractivity contribution >= 4 is 35.7 Å². The molecule has 0 aliphatic carbocycles. The van der Waals surface area contributed by atoms with Crippen molar-refractivity contribution in [2.75, 3.05) is 18.2 Å². The first-order valence-electron chi connectivity index (χ1n) is 9.82. The Bertz CT molecular complexity index is 1160.